The van der Waals surface area contributed by atoms with Gasteiger partial charge in [0.15, 0.2) is 0 Å². The van der Waals surface area contributed by atoms with Crippen LogP contribution in [0.25, 0.3) is 0 Å². The van der Waals surface area contributed by atoms with Gasteiger partial charge in [-0.1, -0.05) is 40.2 Å². The number of nitrogen functional groups attached to an aromatic ring is 1. The van der Waals surface area contributed by atoms with E-state index >= 15 is 0 Å². The van der Waals surface area contributed by atoms with Crippen LogP contribution in [0.3, 0.4) is 0 Å². The summed E-state index contributed by atoms with van der Waals surface area (Å²) in [5.41, 5.74) is 8.71. The Morgan fingerprint density at radius 3 is 2.61 bits per heavy atom. The summed E-state index contributed by atoms with van der Waals surface area (Å²) in [6.07, 6.45) is 0. The monoisotopic (exact) mass is 323 g/mol. The van der Waals surface area contributed by atoms with Crippen molar-refractivity contribution in [3.63, 3.8) is 0 Å². The van der Waals surface area contributed by atoms with Crippen molar-refractivity contribution in [2.45, 2.75) is 17.6 Å². The molecular formula is C14H14BrNOS. The number of nitrogens with two attached hydrogens (primary N) is 1. The van der Waals surface area contributed by atoms with Crippen molar-refractivity contribution < 1.29 is 4.21 Å². The normalized spacial score (nSPS) is 12.3. The minimum absolute atomic E-state index is 0.499. The third kappa shape index (κ3) is 3.00. The smallest absolute Gasteiger partial charge is 0.0621 e. The van der Waals surface area contributed by atoms with Crippen molar-refractivity contribution >= 4 is 32.4 Å². The molecule has 4 heteroatoms. The fourth-order valence-electron chi connectivity index (χ4n) is 1.72. The molecule has 94 valence electrons. The van der Waals surface area contributed by atoms with Gasteiger partial charge >= 0.3 is 0 Å². The predicted molar refractivity (Wildman–Crippen MR) is 79.8 cm³/mol. The molecule has 1 atom stereocenters. The minimum atomic E-state index is -1.11. The van der Waals surface area contributed by atoms with Crippen LogP contribution in [0.2, 0.25) is 0 Å². The van der Waals surface area contributed by atoms with E-state index < -0.39 is 10.8 Å². The average molecular weight is 324 g/mol. The highest BCUT2D eigenvalue weighted by Gasteiger charge is 2.10. The highest BCUT2D eigenvalue weighted by molar-refractivity contribution is 9.10. The molecule has 2 N–H and O–H groups in total. The second kappa shape index (κ2) is 5.67. The number of hydrogen-bond donors (Lipinski definition) is 1. The van der Waals surface area contributed by atoms with E-state index in [0.717, 1.165) is 15.6 Å². The molecular weight excluding hydrogens is 310 g/mol. The second-order valence-corrected chi connectivity index (χ2v) is 6.43. The predicted octanol–water partition coefficient (Wildman–Crippen LogP) is 3.65. The summed E-state index contributed by atoms with van der Waals surface area (Å²) < 4.78 is 13.2. The van der Waals surface area contributed by atoms with Crippen molar-refractivity contribution in [2.75, 3.05) is 5.73 Å². The Balaban J connectivity index is 2.25. The maximum atomic E-state index is 12.3. The fraction of sp³-hybridized carbons (Fsp3) is 0.143. The quantitative estimate of drug-likeness (QED) is 0.876. The Morgan fingerprint density at radius 1 is 1.22 bits per heavy atom. The number of rotatable bonds is 3. The number of halogens is 1. The van der Waals surface area contributed by atoms with Crippen LogP contribution in [0.15, 0.2) is 51.8 Å². The SMILES string of the molecule is Cc1ccccc1CS(=O)c1ccc(Br)cc1N. The number of benzene rings is 2. The fourth-order valence-corrected chi connectivity index (χ4v) is 3.40. The summed E-state index contributed by atoms with van der Waals surface area (Å²) in [4.78, 5) is 0.696. The lowest BCUT2D eigenvalue weighted by Crippen LogP contribution is -2.02. The largest absolute Gasteiger partial charge is 0.398 e. The van der Waals surface area contributed by atoms with E-state index in [1.165, 1.54) is 0 Å². The second-order valence-electron chi connectivity index (χ2n) is 4.10. The molecule has 0 aromatic heterocycles. The summed E-state index contributed by atoms with van der Waals surface area (Å²) in [5, 5.41) is 0. The minimum Gasteiger partial charge on any atom is -0.398 e. The van der Waals surface area contributed by atoms with Gasteiger partial charge in [0.1, 0.15) is 0 Å². The molecule has 0 saturated heterocycles. The molecule has 2 aromatic rings. The molecule has 0 aliphatic heterocycles. The van der Waals surface area contributed by atoms with Crippen LogP contribution in [-0.2, 0) is 16.6 Å². The Hall–Kier alpha value is -1.13. The van der Waals surface area contributed by atoms with E-state index in [-0.39, 0.29) is 0 Å². The third-order valence-electron chi connectivity index (χ3n) is 2.76. The van der Waals surface area contributed by atoms with E-state index in [0.29, 0.717) is 16.3 Å². The summed E-state index contributed by atoms with van der Waals surface area (Å²) in [6.45, 7) is 2.03. The Labute approximate surface area is 118 Å². The zero-order valence-corrected chi connectivity index (χ0v) is 12.4. The summed E-state index contributed by atoms with van der Waals surface area (Å²) in [6, 6.07) is 13.4. The van der Waals surface area contributed by atoms with Gasteiger partial charge in [-0.15, -0.1) is 0 Å². The molecule has 0 aliphatic rings. The maximum Gasteiger partial charge on any atom is 0.0621 e. The molecule has 0 aliphatic carbocycles. The van der Waals surface area contributed by atoms with E-state index in [1.54, 1.807) is 6.07 Å². The average Bonchev–Trinajstić information content (AvgIpc) is 2.32. The van der Waals surface area contributed by atoms with Crippen LogP contribution >= 0.6 is 15.9 Å². The molecule has 0 saturated carbocycles. The molecule has 2 aromatic carbocycles. The zero-order valence-electron chi connectivity index (χ0n) is 10.0. The van der Waals surface area contributed by atoms with Crippen molar-refractivity contribution in [1.29, 1.82) is 0 Å². The summed E-state index contributed by atoms with van der Waals surface area (Å²) >= 11 is 3.34. The first-order valence-electron chi connectivity index (χ1n) is 5.56. The standard InChI is InChI=1S/C14H14BrNOS/c1-10-4-2-3-5-11(10)9-18(17)14-7-6-12(15)8-13(14)16/h2-8H,9,16H2,1H3. The van der Waals surface area contributed by atoms with Crippen LogP contribution < -0.4 is 5.73 Å². The molecule has 0 spiro atoms. The molecule has 1 unspecified atom stereocenters. The van der Waals surface area contributed by atoms with E-state index in [4.69, 9.17) is 5.73 Å². The van der Waals surface area contributed by atoms with Gasteiger partial charge in [0.05, 0.1) is 21.4 Å². The molecule has 0 fully saturated rings. The highest BCUT2D eigenvalue weighted by Crippen LogP contribution is 2.23. The number of anilines is 1. The van der Waals surface area contributed by atoms with Crippen LogP contribution in [-0.4, -0.2) is 4.21 Å². The van der Waals surface area contributed by atoms with Gasteiger partial charge in [0.25, 0.3) is 0 Å². The van der Waals surface area contributed by atoms with Gasteiger partial charge in [-0.3, -0.25) is 4.21 Å². The first kappa shape index (κ1) is 13.3. The Kier molecular flexibility index (Phi) is 4.19. The summed E-state index contributed by atoms with van der Waals surface area (Å²) in [7, 11) is -1.11. The van der Waals surface area contributed by atoms with Gasteiger partial charge in [-0.2, -0.15) is 0 Å². The lowest BCUT2D eigenvalue weighted by molar-refractivity contribution is 0.683. The first-order chi connectivity index (χ1) is 8.58. The van der Waals surface area contributed by atoms with Crippen molar-refractivity contribution in [1.82, 2.24) is 0 Å². The van der Waals surface area contributed by atoms with Gasteiger partial charge in [-0.05, 0) is 36.2 Å². The van der Waals surface area contributed by atoms with Crippen LogP contribution in [0.4, 0.5) is 5.69 Å². The van der Waals surface area contributed by atoms with Gasteiger partial charge < -0.3 is 5.73 Å². The maximum absolute atomic E-state index is 12.3. The molecule has 0 heterocycles. The molecule has 2 nitrogen and oxygen atoms in total. The van der Waals surface area contributed by atoms with Crippen LogP contribution in [0.1, 0.15) is 11.1 Å². The van der Waals surface area contributed by atoms with Gasteiger partial charge in [0, 0.05) is 10.2 Å². The zero-order chi connectivity index (χ0) is 13.1. The topological polar surface area (TPSA) is 43.1 Å². The third-order valence-corrected chi connectivity index (χ3v) is 4.69. The lowest BCUT2D eigenvalue weighted by atomic mass is 10.1. The van der Waals surface area contributed by atoms with Crippen molar-refractivity contribution in [3.05, 3.63) is 58.1 Å². The summed E-state index contributed by atoms with van der Waals surface area (Å²) in [5.74, 6) is 0.499. The highest BCUT2D eigenvalue weighted by atomic mass is 79.9. The Morgan fingerprint density at radius 2 is 1.94 bits per heavy atom. The van der Waals surface area contributed by atoms with E-state index in [9.17, 15) is 4.21 Å². The first-order valence-corrected chi connectivity index (χ1v) is 7.67. The molecule has 0 bridgehead atoms. The molecule has 0 amide bonds. The molecule has 18 heavy (non-hydrogen) atoms. The molecule has 2 rings (SSSR count). The lowest BCUT2D eigenvalue weighted by Gasteiger charge is -2.08. The van der Waals surface area contributed by atoms with Gasteiger partial charge in [-0.25, -0.2) is 0 Å². The Bertz CT molecular complexity index is 598. The number of aryl methyl sites for hydroxylation is 1. The van der Waals surface area contributed by atoms with Crippen molar-refractivity contribution in [3.8, 4) is 0 Å². The van der Waals surface area contributed by atoms with Crippen LogP contribution in [0.5, 0.6) is 0 Å². The van der Waals surface area contributed by atoms with Gasteiger partial charge in [0.2, 0.25) is 0 Å². The number of hydrogen-bond acceptors (Lipinski definition) is 2. The van der Waals surface area contributed by atoms with Crippen LogP contribution in [0, 0.1) is 6.92 Å². The van der Waals surface area contributed by atoms with Crippen molar-refractivity contribution in [2.24, 2.45) is 0 Å². The van der Waals surface area contributed by atoms with E-state index in [2.05, 4.69) is 15.9 Å². The van der Waals surface area contributed by atoms with E-state index in [1.807, 2.05) is 43.3 Å². The molecule has 0 radical (unpaired) electrons.